The molecule has 1 amide bonds. The highest BCUT2D eigenvalue weighted by atomic mass is 16.6. The number of carbonyl (C=O) groups excluding carboxylic acids is 1. The number of aromatic amines is 1. The van der Waals surface area contributed by atoms with Crippen LogP contribution in [0.2, 0.25) is 0 Å². The van der Waals surface area contributed by atoms with Gasteiger partial charge in [-0.2, -0.15) is 0 Å². The highest BCUT2D eigenvalue weighted by Gasteiger charge is 2.16. The maximum absolute atomic E-state index is 11.9. The zero-order valence-corrected chi connectivity index (χ0v) is 10.6. The van der Waals surface area contributed by atoms with E-state index in [4.69, 9.17) is 0 Å². The summed E-state index contributed by atoms with van der Waals surface area (Å²) in [6, 6.07) is 6.38. The van der Waals surface area contributed by atoms with E-state index in [2.05, 4.69) is 10.3 Å². The van der Waals surface area contributed by atoms with Gasteiger partial charge in [-0.3, -0.25) is 14.9 Å². The van der Waals surface area contributed by atoms with E-state index in [0.29, 0.717) is 23.1 Å². The molecular weight excluding hydrogens is 246 g/mol. The summed E-state index contributed by atoms with van der Waals surface area (Å²) >= 11 is 0. The van der Waals surface area contributed by atoms with Crippen LogP contribution in [0, 0.1) is 10.1 Å². The number of rotatable bonds is 5. The van der Waals surface area contributed by atoms with E-state index in [0.717, 1.165) is 12.8 Å². The lowest BCUT2D eigenvalue weighted by Crippen LogP contribution is -2.24. The number of nitro benzene ring substituents is 1. The molecular formula is C13H15N3O3. The predicted molar refractivity (Wildman–Crippen MR) is 72.2 cm³/mol. The third-order valence-electron chi connectivity index (χ3n) is 2.89. The van der Waals surface area contributed by atoms with Gasteiger partial charge in [0.2, 0.25) is 0 Å². The first-order valence-electron chi connectivity index (χ1n) is 6.17. The number of amides is 1. The predicted octanol–water partition coefficient (Wildman–Crippen LogP) is 2.61. The molecule has 0 saturated heterocycles. The fraction of sp³-hybridized carbons (Fsp3) is 0.308. The molecule has 1 aromatic carbocycles. The number of carbonyl (C=O) groups is 1. The van der Waals surface area contributed by atoms with Crippen molar-refractivity contribution >= 4 is 22.5 Å². The molecule has 0 radical (unpaired) electrons. The van der Waals surface area contributed by atoms with Gasteiger partial charge in [0.15, 0.2) is 0 Å². The van der Waals surface area contributed by atoms with Gasteiger partial charge in [-0.15, -0.1) is 0 Å². The number of nitrogens with one attached hydrogen (secondary N) is 2. The number of non-ortho nitro benzene ring substituents is 1. The Hall–Kier alpha value is -2.37. The molecule has 0 aliphatic carbocycles. The number of benzene rings is 1. The third kappa shape index (κ3) is 2.73. The maximum atomic E-state index is 11.9. The first kappa shape index (κ1) is 13.1. The smallest absolute Gasteiger partial charge is 0.293 e. The molecule has 0 bridgehead atoms. The molecule has 1 aromatic heterocycles. The zero-order valence-electron chi connectivity index (χ0n) is 10.6. The fourth-order valence-electron chi connectivity index (χ4n) is 1.89. The van der Waals surface area contributed by atoms with Crippen molar-refractivity contribution in [2.75, 3.05) is 6.54 Å². The highest BCUT2D eigenvalue weighted by Crippen LogP contribution is 2.25. The summed E-state index contributed by atoms with van der Waals surface area (Å²) in [4.78, 5) is 25.1. The van der Waals surface area contributed by atoms with Crippen molar-refractivity contribution in [3.05, 3.63) is 40.1 Å². The Bertz CT molecular complexity index is 619. The molecule has 0 saturated carbocycles. The van der Waals surface area contributed by atoms with Crippen LogP contribution in [0.25, 0.3) is 10.9 Å². The van der Waals surface area contributed by atoms with Gasteiger partial charge in [-0.25, -0.2) is 0 Å². The van der Waals surface area contributed by atoms with Gasteiger partial charge >= 0.3 is 0 Å². The van der Waals surface area contributed by atoms with Crippen molar-refractivity contribution < 1.29 is 9.72 Å². The average molecular weight is 261 g/mol. The largest absolute Gasteiger partial charge is 0.351 e. The quantitative estimate of drug-likeness (QED) is 0.492. The van der Waals surface area contributed by atoms with Gasteiger partial charge in [0.25, 0.3) is 11.6 Å². The molecule has 2 aromatic rings. The Labute approximate surface area is 110 Å². The molecule has 100 valence electrons. The first-order valence-corrected chi connectivity index (χ1v) is 6.17. The lowest BCUT2D eigenvalue weighted by Gasteiger charge is -2.01. The molecule has 0 atom stereocenters. The van der Waals surface area contributed by atoms with Crippen molar-refractivity contribution in [2.24, 2.45) is 0 Å². The second-order valence-electron chi connectivity index (χ2n) is 4.29. The molecule has 0 fully saturated rings. The lowest BCUT2D eigenvalue weighted by molar-refractivity contribution is -0.383. The van der Waals surface area contributed by atoms with Crippen molar-refractivity contribution in [3.8, 4) is 0 Å². The summed E-state index contributed by atoms with van der Waals surface area (Å²) < 4.78 is 0. The SMILES string of the molecule is CCCCNC(=O)c1cc2cccc([N+](=O)[O-])c2[nH]1. The highest BCUT2D eigenvalue weighted by molar-refractivity contribution is 6.00. The van der Waals surface area contributed by atoms with Crippen molar-refractivity contribution in [1.82, 2.24) is 10.3 Å². The maximum Gasteiger partial charge on any atom is 0.293 e. The van der Waals surface area contributed by atoms with Crippen LogP contribution in [-0.2, 0) is 0 Å². The van der Waals surface area contributed by atoms with Gasteiger partial charge in [-0.1, -0.05) is 25.5 Å². The number of nitro groups is 1. The minimum Gasteiger partial charge on any atom is -0.351 e. The molecule has 0 unspecified atom stereocenters. The molecule has 6 nitrogen and oxygen atoms in total. The molecule has 0 spiro atoms. The number of para-hydroxylation sites is 1. The van der Waals surface area contributed by atoms with Crippen molar-refractivity contribution in [3.63, 3.8) is 0 Å². The Morgan fingerprint density at radius 2 is 2.26 bits per heavy atom. The normalized spacial score (nSPS) is 10.6. The Balaban J connectivity index is 2.28. The number of unbranched alkanes of at least 4 members (excludes halogenated alkanes) is 1. The van der Waals surface area contributed by atoms with E-state index in [1.165, 1.54) is 6.07 Å². The van der Waals surface area contributed by atoms with Crippen LogP contribution in [0.15, 0.2) is 24.3 Å². The third-order valence-corrected chi connectivity index (χ3v) is 2.89. The van der Waals surface area contributed by atoms with E-state index < -0.39 is 4.92 Å². The van der Waals surface area contributed by atoms with Gasteiger partial charge in [-0.05, 0) is 12.5 Å². The topological polar surface area (TPSA) is 88.0 Å². The summed E-state index contributed by atoms with van der Waals surface area (Å²) in [6.07, 6.45) is 1.91. The van der Waals surface area contributed by atoms with E-state index >= 15 is 0 Å². The molecule has 0 aliphatic heterocycles. The van der Waals surface area contributed by atoms with Gasteiger partial charge in [0.1, 0.15) is 11.2 Å². The fourth-order valence-corrected chi connectivity index (χ4v) is 1.89. The van der Waals surface area contributed by atoms with Crippen molar-refractivity contribution in [1.29, 1.82) is 0 Å². The molecule has 2 N–H and O–H groups in total. The van der Waals surface area contributed by atoms with Crippen LogP contribution < -0.4 is 5.32 Å². The number of hydrogen-bond acceptors (Lipinski definition) is 3. The standard InChI is InChI=1S/C13H15N3O3/c1-2-3-7-14-13(17)10-8-9-5-4-6-11(16(18)19)12(9)15-10/h4-6,8,15H,2-3,7H2,1H3,(H,14,17). The number of nitrogens with zero attached hydrogens (tertiary/aromatic N) is 1. The number of fused-ring (bicyclic) bond motifs is 1. The second kappa shape index (κ2) is 5.51. The molecule has 19 heavy (non-hydrogen) atoms. The van der Waals surface area contributed by atoms with Crippen LogP contribution in [0.3, 0.4) is 0 Å². The van der Waals surface area contributed by atoms with Crippen LogP contribution in [-0.4, -0.2) is 22.4 Å². The minimum atomic E-state index is -0.461. The van der Waals surface area contributed by atoms with Crippen LogP contribution >= 0.6 is 0 Å². The Kier molecular flexibility index (Phi) is 3.79. The Morgan fingerprint density at radius 3 is 2.95 bits per heavy atom. The number of H-pyrrole nitrogens is 1. The monoisotopic (exact) mass is 261 g/mol. The lowest BCUT2D eigenvalue weighted by atomic mass is 10.2. The number of aromatic nitrogens is 1. The Morgan fingerprint density at radius 1 is 1.47 bits per heavy atom. The van der Waals surface area contributed by atoms with Gasteiger partial charge in [0.05, 0.1) is 4.92 Å². The summed E-state index contributed by atoms with van der Waals surface area (Å²) in [5, 5.41) is 14.3. The van der Waals surface area contributed by atoms with Crippen LogP contribution in [0.4, 0.5) is 5.69 Å². The van der Waals surface area contributed by atoms with Crippen LogP contribution in [0.1, 0.15) is 30.3 Å². The first-order chi connectivity index (χ1) is 9.13. The molecule has 2 rings (SSSR count). The van der Waals surface area contributed by atoms with Gasteiger partial charge in [0, 0.05) is 18.0 Å². The summed E-state index contributed by atoms with van der Waals surface area (Å²) in [6.45, 7) is 2.64. The summed E-state index contributed by atoms with van der Waals surface area (Å²) in [7, 11) is 0. The van der Waals surface area contributed by atoms with Crippen molar-refractivity contribution in [2.45, 2.75) is 19.8 Å². The van der Waals surface area contributed by atoms with E-state index in [1.807, 2.05) is 6.92 Å². The summed E-state index contributed by atoms with van der Waals surface area (Å²) in [5.41, 5.74) is 0.707. The minimum absolute atomic E-state index is 0.0230. The molecule has 0 aliphatic rings. The molecule has 6 heteroatoms. The second-order valence-corrected chi connectivity index (χ2v) is 4.29. The van der Waals surface area contributed by atoms with Crippen LogP contribution in [0.5, 0.6) is 0 Å². The summed E-state index contributed by atoms with van der Waals surface area (Å²) in [5.74, 6) is -0.237. The van der Waals surface area contributed by atoms with E-state index in [9.17, 15) is 14.9 Å². The van der Waals surface area contributed by atoms with E-state index in [-0.39, 0.29) is 11.6 Å². The average Bonchev–Trinajstić information content (AvgIpc) is 2.82. The van der Waals surface area contributed by atoms with E-state index in [1.54, 1.807) is 18.2 Å². The zero-order chi connectivity index (χ0) is 13.8. The van der Waals surface area contributed by atoms with Gasteiger partial charge < -0.3 is 10.3 Å². The number of hydrogen-bond donors (Lipinski definition) is 2. The molecule has 1 heterocycles.